The summed E-state index contributed by atoms with van der Waals surface area (Å²) in [7, 11) is 0. The molecule has 4 rings (SSSR count). The van der Waals surface area contributed by atoms with E-state index in [0.717, 1.165) is 44.1 Å². The number of carbonyl (C=O) groups is 2. The van der Waals surface area contributed by atoms with Gasteiger partial charge in [-0.1, -0.05) is 30.3 Å². The predicted molar refractivity (Wildman–Crippen MR) is 84.8 cm³/mol. The van der Waals surface area contributed by atoms with Crippen molar-refractivity contribution < 1.29 is 19.4 Å². The number of hydrogen-bond donors (Lipinski definition) is 2. The standard InChI is InChI=1S/C18H23NO4/c20-15(21)18-9-6-17(7-10-18,8-11-18)13-19-16(22)23-12-14-4-2-1-3-5-14/h1-5H,6-13H2,(H,19,22)(H,20,21). The zero-order valence-electron chi connectivity index (χ0n) is 13.2. The smallest absolute Gasteiger partial charge is 0.407 e. The van der Waals surface area contributed by atoms with Crippen LogP contribution in [0.1, 0.15) is 44.1 Å². The average molecular weight is 317 g/mol. The third kappa shape index (κ3) is 3.33. The zero-order chi connectivity index (χ0) is 16.3. The van der Waals surface area contributed by atoms with Crippen LogP contribution in [-0.4, -0.2) is 23.7 Å². The third-order valence-electron chi connectivity index (χ3n) is 5.68. The number of ether oxygens (including phenoxy) is 1. The minimum absolute atomic E-state index is 0.0585. The van der Waals surface area contributed by atoms with E-state index in [-0.39, 0.29) is 12.0 Å². The van der Waals surface area contributed by atoms with Gasteiger partial charge in [-0.3, -0.25) is 4.79 Å². The second-order valence-electron chi connectivity index (χ2n) is 7.00. The quantitative estimate of drug-likeness (QED) is 0.873. The normalized spacial score (nSPS) is 29.0. The lowest BCUT2D eigenvalue weighted by Gasteiger charge is -2.51. The molecular weight excluding hydrogens is 294 g/mol. The van der Waals surface area contributed by atoms with Gasteiger partial charge < -0.3 is 15.2 Å². The highest BCUT2D eigenvalue weighted by Gasteiger charge is 2.52. The molecule has 3 aliphatic rings. The van der Waals surface area contributed by atoms with Crippen LogP contribution < -0.4 is 5.32 Å². The summed E-state index contributed by atoms with van der Waals surface area (Å²) < 4.78 is 5.24. The van der Waals surface area contributed by atoms with Gasteiger partial charge in [0.25, 0.3) is 0 Å². The van der Waals surface area contributed by atoms with E-state index in [0.29, 0.717) is 6.54 Å². The van der Waals surface area contributed by atoms with Crippen molar-refractivity contribution in [3.8, 4) is 0 Å². The monoisotopic (exact) mass is 317 g/mol. The van der Waals surface area contributed by atoms with Gasteiger partial charge in [-0.05, 0) is 49.5 Å². The van der Waals surface area contributed by atoms with E-state index in [4.69, 9.17) is 4.74 Å². The van der Waals surface area contributed by atoms with E-state index >= 15 is 0 Å². The first-order valence-corrected chi connectivity index (χ1v) is 8.22. The molecule has 124 valence electrons. The Morgan fingerprint density at radius 3 is 2.22 bits per heavy atom. The number of aliphatic carboxylic acids is 1. The maximum atomic E-state index is 11.9. The first kappa shape index (κ1) is 15.8. The highest BCUT2D eigenvalue weighted by molar-refractivity contribution is 5.75. The van der Waals surface area contributed by atoms with Crippen LogP contribution in [0.5, 0.6) is 0 Å². The number of carboxylic acids is 1. The number of nitrogens with one attached hydrogen (secondary N) is 1. The maximum Gasteiger partial charge on any atom is 0.407 e. The van der Waals surface area contributed by atoms with E-state index in [1.807, 2.05) is 30.3 Å². The molecule has 0 atom stereocenters. The van der Waals surface area contributed by atoms with Crippen molar-refractivity contribution in [2.45, 2.75) is 45.1 Å². The summed E-state index contributed by atoms with van der Waals surface area (Å²) in [5, 5.41) is 12.3. The molecule has 3 saturated carbocycles. The summed E-state index contributed by atoms with van der Waals surface area (Å²) in [5.74, 6) is -0.652. The third-order valence-corrected chi connectivity index (χ3v) is 5.68. The second kappa shape index (κ2) is 6.22. The van der Waals surface area contributed by atoms with E-state index in [2.05, 4.69) is 5.32 Å². The number of benzene rings is 1. The molecule has 1 amide bonds. The molecule has 5 nitrogen and oxygen atoms in total. The lowest BCUT2D eigenvalue weighted by molar-refractivity contribution is -0.158. The Morgan fingerprint density at radius 2 is 1.65 bits per heavy atom. The molecular formula is C18H23NO4. The first-order chi connectivity index (χ1) is 11.0. The van der Waals surface area contributed by atoms with E-state index in [9.17, 15) is 14.7 Å². The predicted octanol–water partition coefficient (Wildman–Crippen LogP) is 3.34. The molecule has 0 unspecified atom stereocenters. The van der Waals surface area contributed by atoms with Crippen molar-refractivity contribution in [1.82, 2.24) is 5.32 Å². The summed E-state index contributed by atoms with van der Waals surface area (Å²) in [6, 6.07) is 9.58. The molecule has 0 aliphatic heterocycles. The largest absolute Gasteiger partial charge is 0.481 e. The SMILES string of the molecule is O=C(NCC12CCC(C(=O)O)(CC1)CC2)OCc1ccccc1. The minimum atomic E-state index is -0.652. The number of hydrogen-bond acceptors (Lipinski definition) is 3. The fraction of sp³-hybridized carbons (Fsp3) is 0.556. The molecule has 0 aromatic heterocycles. The van der Waals surface area contributed by atoms with Gasteiger partial charge in [-0.15, -0.1) is 0 Å². The fourth-order valence-electron chi connectivity index (χ4n) is 3.88. The van der Waals surface area contributed by atoms with Crippen LogP contribution in [0.15, 0.2) is 30.3 Å². The van der Waals surface area contributed by atoms with Gasteiger partial charge in [0.05, 0.1) is 5.41 Å². The van der Waals surface area contributed by atoms with Crippen LogP contribution in [0, 0.1) is 10.8 Å². The molecule has 0 heterocycles. The Kier molecular flexibility index (Phi) is 4.28. The summed E-state index contributed by atoms with van der Waals surface area (Å²) in [6.07, 6.45) is 4.40. The Labute approximate surface area is 136 Å². The summed E-state index contributed by atoms with van der Waals surface area (Å²) in [5.41, 5.74) is 0.515. The van der Waals surface area contributed by atoms with Crippen molar-refractivity contribution in [3.63, 3.8) is 0 Å². The fourth-order valence-corrected chi connectivity index (χ4v) is 3.88. The van der Waals surface area contributed by atoms with E-state index < -0.39 is 17.5 Å². The van der Waals surface area contributed by atoms with Crippen LogP contribution in [0.4, 0.5) is 4.79 Å². The summed E-state index contributed by atoms with van der Waals surface area (Å²) in [6.45, 7) is 0.845. The number of fused-ring (bicyclic) bond motifs is 3. The minimum Gasteiger partial charge on any atom is -0.481 e. The van der Waals surface area contributed by atoms with Gasteiger partial charge in [0, 0.05) is 6.54 Å². The Balaban J connectivity index is 1.46. The molecule has 2 bridgehead atoms. The maximum absolute atomic E-state index is 11.9. The van der Waals surface area contributed by atoms with Crippen LogP contribution in [-0.2, 0) is 16.1 Å². The molecule has 23 heavy (non-hydrogen) atoms. The molecule has 5 heteroatoms. The first-order valence-electron chi connectivity index (χ1n) is 8.22. The van der Waals surface area contributed by atoms with Crippen molar-refractivity contribution in [3.05, 3.63) is 35.9 Å². The molecule has 0 saturated heterocycles. The Bertz CT molecular complexity index is 559. The lowest BCUT2D eigenvalue weighted by Crippen LogP contribution is -2.50. The highest BCUT2D eigenvalue weighted by atomic mass is 16.5. The van der Waals surface area contributed by atoms with Crippen LogP contribution in [0.2, 0.25) is 0 Å². The summed E-state index contributed by atoms with van der Waals surface area (Å²) in [4.78, 5) is 23.3. The molecule has 0 radical (unpaired) electrons. The van der Waals surface area contributed by atoms with Crippen LogP contribution in [0.3, 0.4) is 0 Å². The molecule has 1 aromatic carbocycles. The van der Waals surface area contributed by atoms with Gasteiger partial charge in [0.2, 0.25) is 0 Å². The summed E-state index contributed by atoms with van der Waals surface area (Å²) >= 11 is 0. The second-order valence-corrected chi connectivity index (χ2v) is 7.00. The van der Waals surface area contributed by atoms with Crippen molar-refractivity contribution in [2.75, 3.05) is 6.54 Å². The van der Waals surface area contributed by atoms with Gasteiger partial charge >= 0.3 is 12.1 Å². The topological polar surface area (TPSA) is 75.6 Å². The van der Waals surface area contributed by atoms with Crippen molar-refractivity contribution in [2.24, 2.45) is 10.8 Å². The molecule has 0 spiro atoms. The van der Waals surface area contributed by atoms with Crippen molar-refractivity contribution in [1.29, 1.82) is 0 Å². The number of carboxylic acid groups (broad SMARTS) is 1. The van der Waals surface area contributed by atoms with Crippen LogP contribution >= 0.6 is 0 Å². The zero-order valence-corrected chi connectivity index (χ0v) is 13.2. The molecule has 3 fully saturated rings. The van der Waals surface area contributed by atoms with Gasteiger partial charge in [0.15, 0.2) is 0 Å². The van der Waals surface area contributed by atoms with E-state index in [1.165, 1.54) is 0 Å². The Hall–Kier alpha value is -2.04. The number of rotatable bonds is 5. The number of alkyl carbamates (subject to hydrolysis) is 1. The number of carbonyl (C=O) groups excluding carboxylic acids is 1. The van der Waals surface area contributed by atoms with Crippen LogP contribution in [0.25, 0.3) is 0 Å². The van der Waals surface area contributed by atoms with Gasteiger partial charge in [-0.2, -0.15) is 0 Å². The lowest BCUT2D eigenvalue weighted by atomic mass is 9.54. The van der Waals surface area contributed by atoms with Crippen molar-refractivity contribution >= 4 is 12.1 Å². The van der Waals surface area contributed by atoms with Gasteiger partial charge in [0.1, 0.15) is 6.61 Å². The molecule has 3 aliphatic carbocycles. The Morgan fingerprint density at radius 1 is 1.04 bits per heavy atom. The average Bonchev–Trinajstić information content (AvgIpc) is 2.61. The van der Waals surface area contributed by atoms with Gasteiger partial charge in [-0.25, -0.2) is 4.79 Å². The van der Waals surface area contributed by atoms with E-state index in [1.54, 1.807) is 0 Å². The highest BCUT2D eigenvalue weighted by Crippen LogP contribution is 2.56. The number of amides is 1. The molecule has 2 N–H and O–H groups in total. The molecule has 1 aromatic rings.